The zero-order valence-electron chi connectivity index (χ0n) is 16.0. The molecule has 0 saturated carbocycles. The molecule has 2 aromatic rings. The summed E-state index contributed by atoms with van der Waals surface area (Å²) in [6.45, 7) is 4.59. The number of alkyl halides is 3. The van der Waals surface area contributed by atoms with Crippen molar-refractivity contribution in [2.24, 2.45) is 17.4 Å². The van der Waals surface area contributed by atoms with Gasteiger partial charge in [0, 0.05) is 13.1 Å². The Morgan fingerprint density at radius 2 is 1.90 bits per heavy atom. The molecule has 1 saturated heterocycles. The summed E-state index contributed by atoms with van der Waals surface area (Å²) in [5, 5.41) is 0. The number of primary amides is 1. The Labute approximate surface area is 175 Å². The highest BCUT2D eigenvalue weighted by molar-refractivity contribution is 7.86. The minimum Gasteiger partial charge on any atom is -0.365 e. The number of hydrogen-bond acceptors (Lipinski definition) is 8. The van der Waals surface area contributed by atoms with Crippen LogP contribution in [0.3, 0.4) is 0 Å². The summed E-state index contributed by atoms with van der Waals surface area (Å²) in [6.07, 6.45) is 4.94. The topological polar surface area (TPSA) is 152 Å². The average molecular weight is 470 g/mol. The predicted octanol–water partition coefficient (Wildman–Crippen LogP) is 2.06. The Hall–Kier alpha value is -2.03. The van der Waals surface area contributed by atoms with Crippen molar-refractivity contribution in [3.63, 3.8) is 0 Å². The fourth-order valence-electron chi connectivity index (χ4n) is 3.14. The van der Waals surface area contributed by atoms with Crippen LogP contribution >= 0.6 is 11.3 Å². The van der Waals surface area contributed by atoms with Gasteiger partial charge in [0.2, 0.25) is 0 Å². The molecule has 0 radical (unpaired) electrons. The lowest BCUT2D eigenvalue weighted by Crippen LogP contribution is -2.34. The van der Waals surface area contributed by atoms with E-state index in [0.717, 1.165) is 60.5 Å². The van der Waals surface area contributed by atoms with E-state index in [-0.39, 0.29) is 0 Å². The maximum absolute atomic E-state index is 11.6. The van der Waals surface area contributed by atoms with Crippen molar-refractivity contribution in [2.45, 2.75) is 31.7 Å². The van der Waals surface area contributed by atoms with E-state index in [9.17, 15) is 18.0 Å². The van der Waals surface area contributed by atoms with Crippen LogP contribution in [0.1, 0.15) is 34.5 Å². The van der Waals surface area contributed by atoms with Gasteiger partial charge in [-0.25, -0.2) is 9.97 Å². The van der Waals surface area contributed by atoms with Crippen molar-refractivity contribution in [2.75, 3.05) is 24.5 Å². The number of carbonyl (C=O) groups excluding carboxylic acids is 1. The first-order valence-corrected chi connectivity index (χ1v) is 11.1. The Kier molecular flexibility index (Phi) is 7.60. The SMILES string of the molecule is Cc1c(C(N)=O)sc2c(N3CCC(CCN)CC3)ncnc12.O=S(=O)(O)C(F)(F)F. The second kappa shape index (κ2) is 9.41. The van der Waals surface area contributed by atoms with Gasteiger partial charge in [0.25, 0.3) is 5.91 Å². The van der Waals surface area contributed by atoms with E-state index in [2.05, 4.69) is 14.9 Å². The number of carbonyl (C=O) groups is 1. The van der Waals surface area contributed by atoms with Crippen LogP contribution in [0.15, 0.2) is 6.33 Å². The van der Waals surface area contributed by atoms with E-state index in [1.807, 2.05) is 6.92 Å². The van der Waals surface area contributed by atoms with Gasteiger partial charge in [0.05, 0.1) is 15.1 Å². The van der Waals surface area contributed by atoms with Gasteiger partial charge in [-0.1, -0.05) is 0 Å². The number of aryl methyl sites for hydroxylation is 1. The van der Waals surface area contributed by atoms with E-state index in [1.165, 1.54) is 11.3 Å². The van der Waals surface area contributed by atoms with E-state index >= 15 is 0 Å². The zero-order chi connectivity index (χ0) is 22.7. The molecule has 3 rings (SSSR count). The number of nitrogens with two attached hydrogens (primary N) is 2. The number of anilines is 1. The maximum Gasteiger partial charge on any atom is 0.522 e. The molecule has 0 unspecified atom stereocenters. The fourth-order valence-corrected chi connectivity index (χ4v) is 4.27. The Morgan fingerprint density at radius 3 is 2.37 bits per heavy atom. The Balaban J connectivity index is 0.000000343. The van der Waals surface area contributed by atoms with Crippen molar-refractivity contribution >= 4 is 43.4 Å². The van der Waals surface area contributed by atoms with Crippen molar-refractivity contribution in [1.29, 1.82) is 0 Å². The van der Waals surface area contributed by atoms with Gasteiger partial charge in [0.1, 0.15) is 12.1 Å². The number of halogens is 3. The van der Waals surface area contributed by atoms with Gasteiger partial charge in [-0.2, -0.15) is 21.6 Å². The first-order valence-electron chi connectivity index (χ1n) is 8.89. The monoisotopic (exact) mass is 469 g/mol. The number of nitrogens with zero attached hydrogens (tertiary/aromatic N) is 3. The van der Waals surface area contributed by atoms with E-state index in [0.29, 0.717) is 10.8 Å². The molecule has 1 fully saturated rings. The average Bonchev–Trinajstić information content (AvgIpc) is 2.99. The molecule has 0 aliphatic carbocycles. The summed E-state index contributed by atoms with van der Waals surface area (Å²) in [5.41, 5.74) is 7.27. The van der Waals surface area contributed by atoms with Crippen molar-refractivity contribution < 1.29 is 30.9 Å². The van der Waals surface area contributed by atoms with Crippen molar-refractivity contribution in [1.82, 2.24) is 9.97 Å². The summed E-state index contributed by atoms with van der Waals surface area (Å²) in [4.78, 5) is 23.2. The Morgan fingerprint density at radius 1 is 1.33 bits per heavy atom. The molecule has 3 heterocycles. The molecule has 2 aromatic heterocycles. The second-order valence-corrected chi connectivity index (χ2v) is 9.16. The van der Waals surface area contributed by atoms with Gasteiger partial charge in [0.15, 0.2) is 0 Å². The summed E-state index contributed by atoms with van der Waals surface area (Å²) in [6, 6.07) is 0. The van der Waals surface area contributed by atoms with Crippen LogP contribution in [0.2, 0.25) is 0 Å². The zero-order valence-corrected chi connectivity index (χ0v) is 17.6. The highest BCUT2D eigenvalue weighted by atomic mass is 32.2. The first kappa shape index (κ1) is 24.2. The molecule has 1 aliphatic rings. The number of hydrogen-bond donors (Lipinski definition) is 3. The molecule has 1 amide bonds. The van der Waals surface area contributed by atoms with E-state index in [1.54, 1.807) is 6.33 Å². The molecule has 0 atom stereocenters. The lowest BCUT2D eigenvalue weighted by atomic mass is 9.94. The van der Waals surface area contributed by atoms with Gasteiger partial charge in [-0.05, 0) is 44.2 Å². The third kappa shape index (κ3) is 5.56. The minimum absolute atomic E-state index is 0.395. The third-order valence-electron chi connectivity index (χ3n) is 4.69. The minimum atomic E-state index is -5.84. The second-order valence-electron chi connectivity index (χ2n) is 6.72. The molecular formula is C16H22F3N5O4S2. The molecule has 30 heavy (non-hydrogen) atoms. The molecular weight excluding hydrogens is 447 g/mol. The number of aromatic nitrogens is 2. The van der Waals surface area contributed by atoms with Crippen molar-refractivity contribution in [3.8, 4) is 0 Å². The fraction of sp³-hybridized carbons (Fsp3) is 0.562. The normalized spacial score (nSPS) is 15.7. The number of thiophene rings is 1. The first-order chi connectivity index (χ1) is 13.9. The number of rotatable bonds is 4. The molecule has 14 heteroatoms. The standard InChI is InChI=1S/C15H21N5OS.CHF3O3S/c1-9-11-13(22-12(9)14(17)21)15(19-8-18-11)20-6-3-10(2-5-16)4-7-20;2-1(3,4)8(5,6)7/h8,10H,2-7,16H2,1H3,(H2,17,21);(H,5,6,7). The molecule has 0 bridgehead atoms. The largest absolute Gasteiger partial charge is 0.522 e. The smallest absolute Gasteiger partial charge is 0.365 e. The van der Waals surface area contributed by atoms with E-state index < -0.39 is 21.5 Å². The van der Waals surface area contributed by atoms with Crippen LogP contribution in [-0.4, -0.2) is 54.0 Å². The van der Waals surface area contributed by atoms with Gasteiger partial charge in [-0.15, -0.1) is 11.3 Å². The van der Waals surface area contributed by atoms with Gasteiger partial charge >= 0.3 is 15.6 Å². The number of amides is 1. The van der Waals surface area contributed by atoms with Crippen LogP contribution in [-0.2, 0) is 10.1 Å². The molecule has 0 aromatic carbocycles. The molecule has 5 N–H and O–H groups in total. The summed E-state index contributed by atoms with van der Waals surface area (Å²) in [7, 11) is -5.84. The highest BCUT2D eigenvalue weighted by Gasteiger charge is 2.44. The van der Waals surface area contributed by atoms with Crippen LogP contribution < -0.4 is 16.4 Å². The summed E-state index contributed by atoms with van der Waals surface area (Å²) in [5.74, 6) is 1.25. The van der Waals surface area contributed by atoms with Crippen LogP contribution in [0.25, 0.3) is 10.2 Å². The predicted molar refractivity (Wildman–Crippen MR) is 107 cm³/mol. The summed E-state index contributed by atoms with van der Waals surface area (Å²) >= 11 is 1.40. The number of fused-ring (bicyclic) bond motifs is 1. The van der Waals surface area contributed by atoms with Crippen molar-refractivity contribution in [3.05, 3.63) is 16.8 Å². The third-order valence-corrected chi connectivity index (χ3v) is 6.57. The summed E-state index contributed by atoms with van der Waals surface area (Å²) < 4.78 is 58.5. The lowest BCUT2D eigenvalue weighted by molar-refractivity contribution is -0.0510. The highest BCUT2D eigenvalue weighted by Crippen LogP contribution is 2.36. The molecule has 1 aliphatic heterocycles. The molecule has 0 spiro atoms. The quantitative estimate of drug-likeness (QED) is 0.454. The van der Waals surface area contributed by atoms with Gasteiger partial charge in [-0.3, -0.25) is 9.35 Å². The molecule has 9 nitrogen and oxygen atoms in total. The Bertz CT molecular complexity index is 1000. The van der Waals surface area contributed by atoms with Crippen LogP contribution in [0.4, 0.5) is 19.0 Å². The molecule has 168 valence electrons. The maximum atomic E-state index is 11.6. The number of piperidine rings is 1. The lowest BCUT2D eigenvalue weighted by Gasteiger charge is -2.32. The van der Waals surface area contributed by atoms with Crippen LogP contribution in [0.5, 0.6) is 0 Å². The van der Waals surface area contributed by atoms with Crippen LogP contribution in [0, 0.1) is 12.8 Å². The van der Waals surface area contributed by atoms with Gasteiger partial charge < -0.3 is 16.4 Å². The van der Waals surface area contributed by atoms with E-state index in [4.69, 9.17) is 24.4 Å².